The fourth-order valence-corrected chi connectivity index (χ4v) is 2.80. The SMILES string of the molecule is CC(C)(C)C1COC2(O)C(=O)C=CC(C(=O)c3ccccc3)=C2N1. The lowest BCUT2D eigenvalue weighted by atomic mass is 9.83. The molecule has 0 saturated carbocycles. The maximum absolute atomic E-state index is 12.8. The average Bonchev–Trinajstić information content (AvgIpc) is 2.55. The molecule has 1 fully saturated rings. The third kappa shape index (κ3) is 2.70. The third-order valence-electron chi connectivity index (χ3n) is 4.45. The first-order chi connectivity index (χ1) is 11.2. The molecule has 3 rings (SSSR count). The van der Waals surface area contributed by atoms with E-state index in [1.165, 1.54) is 12.2 Å². The van der Waals surface area contributed by atoms with Crippen LogP contribution in [0.2, 0.25) is 0 Å². The van der Waals surface area contributed by atoms with Crippen LogP contribution in [0, 0.1) is 5.41 Å². The smallest absolute Gasteiger partial charge is 0.273 e. The molecule has 5 nitrogen and oxygen atoms in total. The van der Waals surface area contributed by atoms with Gasteiger partial charge in [-0.2, -0.15) is 0 Å². The lowest BCUT2D eigenvalue weighted by Crippen LogP contribution is -2.61. The molecule has 1 aliphatic heterocycles. The van der Waals surface area contributed by atoms with E-state index in [1.807, 2.05) is 26.8 Å². The maximum atomic E-state index is 12.8. The van der Waals surface area contributed by atoms with Gasteiger partial charge in [-0.25, -0.2) is 0 Å². The van der Waals surface area contributed by atoms with Gasteiger partial charge in [0.05, 0.1) is 18.3 Å². The fourth-order valence-electron chi connectivity index (χ4n) is 2.80. The van der Waals surface area contributed by atoms with Gasteiger partial charge in [0.15, 0.2) is 5.78 Å². The predicted octanol–water partition coefficient (Wildman–Crippen LogP) is 1.99. The molecule has 2 N–H and O–H groups in total. The Balaban J connectivity index is 2.08. The van der Waals surface area contributed by atoms with E-state index in [2.05, 4.69) is 5.32 Å². The summed E-state index contributed by atoms with van der Waals surface area (Å²) in [4.78, 5) is 25.0. The molecule has 0 bridgehead atoms. The Labute approximate surface area is 141 Å². The zero-order valence-corrected chi connectivity index (χ0v) is 14.0. The van der Waals surface area contributed by atoms with Gasteiger partial charge < -0.3 is 15.2 Å². The summed E-state index contributed by atoms with van der Waals surface area (Å²) >= 11 is 0. The van der Waals surface area contributed by atoms with Gasteiger partial charge >= 0.3 is 0 Å². The number of rotatable bonds is 2. The van der Waals surface area contributed by atoms with Crippen LogP contribution in [-0.4, -0.2) is 35.1 Å². The van der Waals surface area contributed by atoms with Crippen LogP contribution in [0.15, 0.2) is 53.8 Å². The number of Topliss-reactive ketones (excluding diaryl/α,β-unsaturated/α-hetero) is 1. The van der Waals surface area contributed by atoms with Gasteiger partial charge in [-0.1, -0.05) is 51.1 Å². The van der Waals surface area contributed by atoms with Crippen molar-refractivity contribution in [1.29, 1.82) is 0 Å². The summed E-state index contributed by atoms with van der Waals surface area (Å²) in [5, 5.41) is 13.9. The number of hydrogen-bond donors (Lipinski definition) is 2. The normalized spacial score (nSPS) is 26.8. The van der Waals surface area contributed by atoms with Crippen molar-refractivity contribution in [3.05, 3.63) is 59.3 Å². The molecule has 1 aromatic carbocycles. The van der Waals surface area contributed by atoms with Crippen LogP contribution in [-0.2, 0) is 9.53 Å². The molecule has 1 saturated heterocycles. The Kier molecular flexibility index (Phi) is 3.94. The van der Waals surface area contributed by atoms with E-state index in [4.69, 9.17) is 4.74 Å². The molecule has 5 heteroatoms. The fraction of sp³-hybridized carbons (Fsp3) is 0.368. The molecular weight excluding hydrogens is 306 g/mol. The Bertz CT molecular complexity index is 742. The lowest BCUT2D eigenvalue weighted by Gasteiger charge is -2.44. The summed E-state index contributed by atoms with van der Waals surface area (Å²) in [5.74, 6) is -2.96. The van der Waals surface area contributed by atoms with E-state index in [0.717, 1.165) is 0 Å². The molecule has 0 radical (unpaired) electrons. The molecule has 1 aliphatic carbocycles. The molecule has 0 spiro atoms. The zero-order valence-electron chi connectivity index (χ0n) is 14.0. The highest BCUT2D eigenvalue weighted by atomic mass is 16.6. The monoisotopic (exact) mass is 327 g/mol. The van der Waals surface area contributed by atoms with Gasteiger partial charge in [-0.15, -0.1) is 0 Å². The van der Waals surface area contributed by atoms with Gasteiger partial charge in [0, 0.05) is 11.1 Å². The molecule has 1 aromatic rings. The quantitative estimate of drug-likeness (QED) is 0.813. The van der Waals surface area contributed by atoms with E-state index in [-0.39, 0.29) is 35.1 Å². The highest BCUT2D eigenvalue weighted by molar-refractivity contribution is 6.14. The second kappa shape index (κ2) is 5.69. The summed E-state index contributed by atoms with van der Waals surface area (Å²) in [6.07, 6.45) is 2.64. The van der Waals surface area contributed by atoms with Crippen molar-refractivity contribution in [3.8, 4) is 0 Å². The molecule has 2 aliphatic rings. The summed E-state index contributed by atoms with van der Waals surface area (Å²) in [5.41, 5.74) is 0.702. The highest BCUT2D eigenvalue weighted by Gasteiger charge is 2.50. The minimum atomic E-state index is -2.11. The molecule has 2 atom stereocenters. The van der Waals surface area contributed by atoms with E-state index >= 15 is 0 Å². The number of morpholine rings is 1. The molecular formula is C19H21NO4. The first kappa shape index (κ1) is 16.6. The number of nitrogens with one attached hydrogen (secondary N) is 1. The van der Waals surface area contributed by atoms with Crippen molar-refractivity contribution < 1.29 is 19.4 Å². The number of allylic oxidation sites excluding steroid dienone is 2. The summed E-state index contributed by atoms with van der Waals surface area (Å²) in [7, 11) is 0. The zero-order chi connectivity index (χ0) is 17.5. The van der Waals surface area contributed by atoms with Crippen LogP contribution in [0.25, 0.3) is 0 Å². The Morgan fingerprint density at radius 1 is 1.25 bits per heavy atom. The highest BCUT2D eigenvalue weighted by Crippen LogP contribution is 2.35. The summed E-state index contributed by atoms with van der Waals surface area (Å²) in [6.45, 7) is 6.25. The van der Waals surface area contributed by atoms with E-state index in [0.29, 0.717) is 5.56 Å². The summed E-state index contributed by atoms with van der Waals surface area (Å²) < 4.78 is 5.52. The third-order valence-corrected chi connectivity index (χ3v) is 4.45. The van der Waals surface area contributed by atoms with Gasteiger partial charge in [0.1, 0.15) is 0 Å². The molecule has 2 unspecified atom stereocenters. The van der Waals surface area contributed by atoms with Crippen molar-refractivity contribution in [3.63, 3.8) is 0 Å². The molecule has 126 valence electrons. The van der Waals surface area contributed by atoms with Crippen molar-refractivity contribution in [1.82, 2.24) is 5.32 Å². The number of fused-ring (bicyclic) bond motifs is 1. The van der Waals surface area contributed by atoms with Gasteiger partial charge in [0.25, 0.3) is 5.79 Å². The van der Waals surface area contributed by atoms with Gasteiger partial charge in [0.2, 0.25) is 5.78 Å². The molecule has 0 aromatic heterocycles. The minimum absolute atomic E-state index is 0.134. The second-order valence-electron chi connectivity index (χ2n) is 7.20. The van der Waals surface area contributed by atoms with E-state index in [9.17, 15) is 14.7 Å². The van der Waals surface area contributed by atoms with E-state index in [1.54, 1.807) is 24.3 Å². The first-order valence-corrected chi connectivity index (χ1v) is 7.93. The molecule has 0 amide bonds. The largest absolute Gasteiger partial charge is 0.377 e. The number of hydrogen-bond acceptors (Lipinski definition) is 5. The number of benzene rings is 1. The standard InChI is InChI=1S/C19H21NO4/c1-18(2,3)14-11-24-19(23)15(21)10-9-13(17(19)20-14)16(22)12-7-5-4-6-8-12/h4-10,14,20,23H,11H2,1-3H3. The van der Waals surface area contributed by atoms with Crippen molar-refractivity contribution >= 4 is 11.6 Å². The topological polar surface area (TPSA) is 75.6 Å². The molecule has 1 heterocycles. The van der Waals surface area contributed by atoms with Crippen LogP contribution >= 0.6 is 0 Å². The average molecular weight is 327 g/mol. The van der Waals surface area contributed by atoms with Crippen molar-refractivity contribution in [2.45, 2.75) is 32.6 Å². The van der Waals surface area contributed by atoms with Gasteiger partial charge in [-0.05, 0) is 17.6 Å². The Morgan fingerprint density at radius 3 is 2.54 bits per heavy atom. The lowest BCUT2D eigenvalue weighted by molar-refractivity contribution is -0.202. The molecule has 24 heavy (non-hydrogen) atoms. The predicted molar refractivity (Wildman–Crippen MR) is 89.2 cm³/mol. The van der Waals surface area contributed by atoms with Crippen molar-refractivity contribution in [2.75, 3.05) is 6.61 Å². The van der Waals surface area contributed by atoms with Crippen LogP contribution in [0.5, 0.6) is 0 Å². The summed E-state index contributed by atoms with van der Waals surface area (Å²) in [6, 6.07) is 8.62. The van der Waals surface area contributed by atoms with Gasteiger partial charge in [-0.3, -0.25) is 9.59 Å². The number of ether oxygens (including phenoxy) is 1. The minimum Gasteiger partial charge on any atom is -0.377 e. The maximum Gasteiger partial charge on any atom is 0.273 e. The Hall–Kier alpha value is -2.24. The number of carbonyl (C=O) groups is 2. The van der Waals surface area contributed by atoms with Crippen LogP contribution in [0.3, 0.4) is 0 Å². The second-order valence-corrected chi connectivity index (χ2v) is 7.20. The van der Waals surface area contributed by atoms with Crippen LogP contribution in [0.1, 0.15) is 31.1 Å². The van der Waals surface area contributed by atoms with E-state index < -0.39 is 11.6 Å². The van der Waals surface area contributed by atoms with Crippen molar-refractivity contribution in [2.24, 2.45) is 5.41 Å². The van der Waals surface area contributed by atoms with Crippen LogP contribution < -0.4 is 5.32 Å². The van der Waals surface area contributed by atoms with Crippen LogP contribution in [0.4, 0.5) is 0 Å². The first-order valence-electron chi connectivity index (χ1n) is 7.93. The number of ketones is 2. The number of carbonyl (C=O) groups excluding carboxylic acids is 2. The Morgan fingerprint density at radius 2 is 1.92 bits per heavy atom. The number of aliphatic hydroxyl groups is 1.